The molecule has 2 N–H and O–H groups in total. The molecule has 1 atom stereocenters. The first-order chi connectivity index (χ1) is 8.93. The molecule has 0 aliphatic heterocycles. The van der Waals surface area contributed by atoms with Crippen LogP contribution in [0.25, 0.3) is 0 Å². The lowest BCUT2D eigenvalue weighted by atomic mass is 9.86. The summed E-state index contributed by atoms with van der Waals surface area (Å²) in [7, 11) is 1.68. The fourth-order valence-corrected chi connectivity index (χ4v) is 2.93. The number of hydrogen-bond acceptors (Lipinski definition) is 3. The molecule has 0 saturated carbocycles. The van der Waals surface area contributed by atoms with Gasteiger partial charge in [0.1, 0.15) is 5.75 Å². The Balaban J connectivity index is 2.28. The number of ether oxygens (including phenoxy) is 1. The molecule has 1 aromatic carbocycles. The van der Waals surface area contributed by atoms with E-state index in [-0.39, 0.29) is 11.5 Å². The predicted molar refractivity (Wildman–Crippen MR) is 82.0 cm³/mol. The third kappa shape index (κ3) is 2.99. The highest BCUT2D eigenvalue weighted by atomic mass is 32.1. The molecule has 0 aliphatic rings. The van der Waals surface area contributed by atoms with Gasteiger partial charge in [-0.3, -0.25) is 0 Å². The van der Waals surface area contributed by atoms with Crippen molar-refractivity contribution >= 4 is 11.3 Å². The Bertz CT molecular complexity index is 537. The van der Waals surface area contributed by atoms with E-state index in [9.17, 15) is 0 Å². The van der Waals surface area contributed by atoms with E-state index < -0.39 is 0 Å². The van der Waals surface area contributed by atoms with Crippen LogP contribution < -0.4 is 10.5 Å². The van der Waals surface area contributed by atoms with Gasteiger partial charge in [-0.2, -0.15) is 0 Å². The summed E-state index contributed by atoms with van der Waals surface area (Å²) in [5, 5.41) is 2.01. The molecule has 0 bridgehead atoms. The molecule has 1 unspecified atom stereocenters. The molecular weight excluding hydrogens is 254 g/mol. The van der Waals surface area contributed by atoms with E-state index in [1.54, 1.807) is 18.4 Å². The van der Waals surface area contributed by atoms with Gasteiger partial charge in [0, 0.05) is 0 Å². The van der Waals surface area contributed by atoms with E-state index >= 15 is 0 Å². The van der Waals surface area contributed by atoms with Crippen LogP contribution in [0.5, 0.6) is 5.75 Å². The fourth-order valence-electron chi connectivity index (χ4n) is 2.05. The van der Waals surface area contributed by atoms with Crippen molar-refractivity contribution in [2.75, 3.05) is 7.11 Å². The smallest absolute Gasteiger partial charge is 0.134 e. The average molecular weight is 275 g/mol. The van der Waals surface area contributed by atoms with Crippen LogP contribution in [0.15, 0.2) is 35.7 Å². The number of methoxy groups -OCH3 is 1. The normalized spacial score (nSPS) is 13.3. The highest BCUT2D eigenvalue weighted by molar-refractivity contribution is 7.10. The molecule has 0 fully saturated rings. The molecule has 1 heterocycles. The molecule has 0 aliphatic carbocycles. The van der Waals surface area contributed by atoms with E-state index in [2.05, 4.69) is 45.0 Å². The molecule has 2 rings (SSSR count). The minimum Gasteiger partial charge on any atom is -0.496 e. The number of rotatable bonds is 3. The van der Waals surface area contributed by atoms with E-state index in [0.29, 0.717) is 0 Å². The van der Waals surface area contributed by atoms with Gasteiger partial charge in [0.15, 0.2) is 0 Å². The van der Waals surface area contributed by atoms with E-state index in [1.807, 2.05) is 11.4 Å². The summed E-state index contributed by atoms with van der Waals surface area (Å²) in [6.07, 6.45) is 0. The largest absolute Gasteiger partial charge is 0.496 e. The molecule has 102 valence electrons. The Kier molecular flexibility index (Phi) is 3.97. The highest BCUT2D eigenvalue weighted by Crippen LogP contribution is 2.33. The minimum absolute atomic E-state index is 0.121. The van der Waals surface area contributed by atoms with Gasteiger partial charge >= 0.3 is 0 Å². The monoisotopic (exact) mass is 275 g/mol. The second kappa shape index (κ2) is 5.35. The third-order valence-electron chi connectivity index (χ3n) is 3.30. The van der Waals surface area contributed by atoms with Gasteiger partial charge in [-0.25, -0.2) is 0 Å². The van der Waals surface area contributed by atoms with E-state index in [1.165, 1.54) is 5.56 Å². The molecule has 2 nitrogen and oxygen atoms in total. The molecule has 19 heavy (non-hydrogen) atoms. The van der Waals surface area contributed by atoms with Crippen LogP contribution in [0.1, 0.15) is 42.8 Å². The number of benzene rings is 1. The van der Waals surface area contributed by atoms with Crippen LogP contribution in [0.4, 0.5) is 0 Å². The molecule has 0 amide bonds. The second-order valence-electron chi connectivity index (χ2n) is 5.70. The summed E-state index contributed by atoms with van der Waals surface area (Å²) in [5.41, 5.74) is 8.94. The molecule has 0 radical (unpaired) electrons. The van der Waals surface area contributed by atoms with Crippen molar-refractivity contribution in [3.63, 3.8) is 0 Å². The van der Waals surface area contributed by atoms with Crippen molar-refractivity contribution in [1.29, 1.82) is 0 Å². The first kappa shape index (κ1) is 14.1. The standard InChI is InChI=1S/C16H21NOS/c1-16(2,3)12-7-5-11(6-8-12)14(17)15-13(18-4)9-10-19-15/h5-10,14H,17H2,1-4H3. The Morgan fingerprint density at radius 2 is 1.74 bits per heavy atom. The summed E-state index contributed by atoms with van der Waals surface area (Å²) < 4.78 is 5.34. The highest BCUT2D eigenvalue weighted by Gasteiger charge is 2.17. The maximum atomic E-state index is 6.33. The lowest BCUT2D eigenvalue weighted by Crippen LogP contribution is -2.14. The quantitative estimate of drug-likeness (QED) is 0.915. The van der Waals surface area contributed by atoms with Gasteiger partial charge in [0.25, 0.3) is 0 Å². The number of hydrogen-bond donors (Lipinski definition) is 1. The fraction of sp³-hybridized carbons (Fsp3) is 0.375. The zero-order chi connectivity index (χ0) is 14.0. The Morgan fingerprint density at radius 3 is 2.26 bits per heavy atom. The lowest BCUT2D eigenvalue weighted by Gasteiger charge is -2.20. The average Bonchev–Trinajstić information content (AvgIpc) is 2.85. The van der Waals surface area contributed by atoms with E-state index in [4.69, 9.17) is 10.5 Å². The van der Waals surface area contributed by atoms with Crippen molar-refractivity contribution in [3.8, 4) is 5.75 Å². The maximum absolute atomic E-state index is 6.33. The molecule has 0 saturated heterocycles. The van der Waals surface area contributed by atoms with Crippen molar-refractivity contribution in [3.05, 3.63) is 51.7 Å². The van der Waals surface area contributed by atoms with Gasteiger partial charge in [-0.15, -0.1) is 11.3 Å². The van der Waals surface area contributed by atoms with Gasteiger partial charge in [-0.05, 0) is 28.0 Å². The summed E-state index contributed by atoms with van der Waals surface area (Å²) in [4.78, 5) is 1.08. The molecule has 2 aromatic rings. The topological polar surface area (TPSA) is 35.2 Å². The second-order valence-corrected chi connectivity index (χ2v) is 6.65. The van der Waals surface area contributed by atoms with Crippen LogP contribution in [0.2, 0.25) is 0 Å². The first-order valence-electron chi connectivity index (χ1n) is 6.41. The zero-order valence-electron chi connectivity index (χ0n) is 11.9. The lowest BCUT2D eigenvalue weighted by molar-refractivity contribution is 0.411. The zero-order valence-corrected chi connectivity index (χ0v) is 12.8. The minimum atomic E-state index is -0.121. The summed E-state index contributed by atoms with van der Waals surface area (Å²) in [5.74, 6) is 0.873. The molecule has 3 heteroatoms. The predicted octanol–water partition coefficient (Wildman–Crippen LogP) is 4.10. The van der Waals surface area contributed by atoms with Crippen LogP contribution in [0.3, 0.4) is 0 Å². The summed E-state index contributed by atoms with van der Waals surface area (Å²) in [6.45, 7) is 6.64. The van der Waals surface area contributed by atoms with Crippen molar-refractivity contribution in [2.45, 2.75) is 32.2 Å². The van der Waals surface area contributed by atoms with Gasteiger partial charge in [0.05, 0.1) is 18.0 Å². The maximum Gasteiger partial charge on any atom is 0.134 e. The van der Waals surface area contributed by atoms with Crippen molar-refractivity contribution in [1.82, 2.24) is 0 Å². The van der Waals surface area contributed by atoms with Crippen LogP contribution in [-0.2, 0) is 5.41 Å². The van der Waals surface area contributed by atoms with E-state index in [0.717, 1.165) is 16.2 Å². The summed E-state index contributed by atoms with van der Waals surface area (Å²) in [6, 6.07) is 10.4. The summed E-state index contributed by atoms with van der Waals surface area (Å²) >= 11 is 1.64. The third-order valence-corrected chi connectivity index (χ3v) is 4.28. The Labute approximate surface area is 119 Å². The Morgan fingerprint density at radius 1 is 1.11 bits per heavy atom. The van der Waals surface area contributed by atoms with Crippen LogP contribution >= 0.6 is 11.3 Å². The SMILES string of the molecule is COc1ccsc1C(N)c1ccc(C(C)(C)C)cc1. The van der Waals surface area contributed by atoms with Gasteiger partial charge in [0.2, 0.25) is 0 Å². The molecular formula is C16H21NOS. The Hall–Kier alpha value is -1.32. The molecule has 1 aromatic heterocycles. The number of nitrogens with two attached hydrogens (primary N) is 1. The van der Waals surface area contributed by atoms with Crippen LogP contribution in [0, 0.1) is 0 Å². The van der Waals surface area contributed by atoms with Crippen molar-refractivity contribution in [2.24, 2.45) is 5.73 Å². The van der Waals surface area contributed by atoms with Gasteiger partial charge < -0.3 is 10.5 Å². The molecule has 0 spiro atoms. The first-order valence-corrected chi connectivity index (χ1v) is 7.29. The van der Waals surface area contributed by atoms with Crippen molar-refractivity contribution < 1.29 is 4.74 Å². The van der Waals surface area contributed by atoms with Gasteiger partial charge in [-0.1, -0.05) is 45.0 Å². The van der Waals surface area contributed by atoms with Crippen LogP contribution in [-0.4, -0.2) is 7.11 Å². The number of thiophene rings is 1.